The molecule has 0 atom stereocenters. The molecule has 0 fully saturated rings. The summed E-state index contributed by atoms with van der Waals surface area (Å²) in [7, 11) is 1.39. The highest BCUT2D eigenvalue weighted by Crippen LogP contribution is 2.36. The van der Waals surface area contributed by atoms with Gasteiger partial charge in [0.1, 0.15) is 6.26 Å². The topological polar surface area (TPSA) is 62.6 Å². The second-order valence-corrected chi connectivity index (χ2v) is 5.32. The van der Waals surface area contributed by atoms with Crippen LogP contribution in [0.25, 0.3) is 0 Å². The van der Waals surface area contributed by atoms with Gasteiger partial charge in [-0.1, -0.05) is 11.6 Å². The minimum absolute atomic E-state index is 0.0686. The van der Waals surface area contributed by atoms with E-state index in [-0.39, 0.29) is 17.8 Å². The second kappa shape index (κ2) is 6.96. The number of benzene rings is 1. The summed E-state index contributed by atoms with van der Waals surface area (Å²) in [5.74, 6) is -1.10. The predicted molar refractivity (Wildman–Crippen MR) is 80.8 cm³/mol. The molecule has 2 rings (SSSR count). The third kappa shape index (κ3) is 4.29. The summed E-state index contributed by atoms with van der Waals surface area (Å²) in [6.07, 6.45) is -2.09. The molecule has 24 heavy (non-hydrogen) atoms. The Kier molecular flexibility index (Phi) is 5.18. The summed E-state index contributed by atoms with van der Waals surface area (Å²) < 4.78 is 43.1. The van der Waals surface area contributed by atoms with Gasteiger partial charge in [-0.2, -0.15) is 13.2 Å². The minimum Gasteiger partial charge on any atom is -0.472 e. The van der Waals surface area contributed by atoms with Crippen LogP contribution in [0.15, 0.2) is 41.2 Å². The van der Waals surface area contributed by atoms with Gasteiger partial charge in [0, 0.05) is 12.7 Å². The average molecular weight is 361 g/mol. The molecule has 1 N–H and O–H groups in total. The van der Waals surface area contributed by atoms with Crippen LogP contribution in [-0.2, 0) is 11.0 Å². The number of amides is 2. The lowest BCUT2D eigenvalue weighted by Gasteiger charge is -2.16. The zero-order valence-corrected chi connectivity index (χ0v) is 13.1. The van der Waals surface area contributed by atoms with E-state index in [2.05, 4.69) is 5.32 Å². The highest BCUT2D eigenvalue weighted by Gasteiger charge is 2.33. The Morgan fingerprint density at radius 3 is 2.58 bits per heavy atom. The predicted octanol–water partition coefficient (Wildman–Crippen LogP) is 3.66. The van der Waals surface area contributed by atoms with Crippen LogP contribution in [0, 0.1) is 0 Å². The van der Waals surface area contributed by atoms with E-state index in [4.69, 9.17) is 16.0 Å². The van der Waals surface area contributed by atoms with Gasteiger partial charge in [0.05, 0.1) is 29.0 Å². The molecule has 0 aliphatic rings. The molecule has 0 radical (unpaired) electrons. The first-order valence-electron chi connectivity index (χ1n) is 6.62. The number of nitrogens with one attached hydrogen (secondary N) is 1. The monoisotopic (exact) mass is 360 g/mol. The molecule has 1 aromatic heterocycles. The third-order valence-electron chi connectivity index (χ3n) is 3.05. The van der Waals surface area contributed by atoms with Gasteiger partial charge in [-0.15, -0.1) is 0 Å². The first-order valence-corrected chi connectivity index (χ1v) is 7.00. The maximum absolute atomic E-state index is 12.8. The Hall–Kier alpha value is -2.48. The minimum atomic E-state index is -4.63. The molecule has 1 aromatic carbocycles. The van der Waals surface area contributed by atoms with Crippen LogP contribution >= 0.6 is 11.6 Å². The first kappa shape index (κ1) is 17.9. The molecule has 128 valence electrons. The highest BCUT2D eigenvalue weighted by molar-refractivity contribution is 6.31. The molecule has 0 aliphatic carbocycles. The number of carbonyl (C=O) groups is 2. The summed E-state index contributed by atoms with van der Waals surface area (Å²) in [4.78, 5) is 25.0. The summed E-state index contributed by atoms with van der Waals surface area (Å²) in [6, 6.07) is 4.46. The molecule has 0 saturated carbocycles. The summed E-state index contributed by atoms with van der Waals surface area (Å²) in [5.41, 5.74) is -0.859. The molecule has 9 heteroatoms. The van der Waals surface area contributed by atoms with E-state index in [0.717, 1.165) is 17.0 Å². The van der Waals surface area contributed by atoms with E-state index in [9.17, 15) is 22.8 Å². The van der Waals surface area contributed by atoms with Crippen molar-refractivity contribution in [2.45, 2.75) is 6.18 Å². The number of halogens is 4. The normalized spacial score (nSPS) is 11.2. The second-order valence-electron chi connectivity index (χ2n) is 4.91. The fourth-order valence-corrected chi connectivity index (χ4v) is 2.14. The SMILES string of the molecule is CN(CC(=O)Nc1ccc(Cl)c(C(F)(F)F)c1)C(=O)c1ccoc1. The fraction of sp³-hybridized carbons (Fsp3) is 0.200. The molecular formula is C15H12ClF3N2O3. The fourth-order valence-electron chi connectivity index (χ4n) is 1.91. The van der Waals surface area contributed by atoms with Crippen molar-refractivity contribution in [1.29, 1.82) is 0 Å². The van der Waals surface area contributed by atoms with Crippen molar-refractivity contribution in [2.24, 2.45) is 0 Å². The zero-order valence-electron chi connectivity index (χ0n) is 12.4. The van der Waals surface area contributed by atoms with E-state index in [1.807, 2.05) is 0 Å². The van der Waals surface area contributed by atoms with E-state index >= 15 is 0 Å². The van der Waals surface area contributed by atoms with Gasteiger partial charge in [-0.05, 0) is 24.3 Å². The largest absolute Gasteiger partial charge is 0.472 e. The maximum atomic E-state index is 12.8. The molecule has 2 amide bonds. The van der Waals surface area contributed by atoms with E-state index in [1.54, 1.807) is 0 Å². The summed E-state index contributed by atoms with van der Waals surface area (Å²) in [6.45, 7) is -0.339. The third-order valence-corrected chi connectivity index (χ3v) is 3.38. The van der Waals surface area contributed by atoms with Gasteiger partial charge >= 0.3 is 6.18 Å². The number of carbonyl (C=O) groups excluding carboxylic acids is 2. The Labute approximate surface area is 140 Å². The van der Waals surface area contributed by atoms with Gasteiger partial charge in [-0.25, -0.2) is 0 Å². The van der Waals surface area contributed by atoms with E-state index in [0.29, 0.717) is 0 Å². The molecule has 0 saturated heterocycles. The lowest BCUT2D eigenvalue weighted by atomic mass is 10.2. The quantitative estimate of drug-likeness (QED) is 0.905. The van der Waals surface area contributed by atoms with Crippen LogP contribution in [0.5, 0.6) is 0 Å². The molecule has 0 spiro atoms. The Bertz CT molecular complexity index is 745. The number of hydrogen-bond donors (Lipinski definition) is 1. The number of alkyl halides is 3. The maximum Gasteiger partial charge on any atom is 0.417 e. The van der Waals surface area contributed by atoms with Gasteiger partial charge in [0.15, 0.2) is 0 Å². The number of anilines is 1. The van der Waals surface area contributed by atoms with Crippen molar-refractivity contribution in [3.8, 4) is 0 Å². The molecule has 0 aliphatic heterocycles. The van der Waals surface area contributed by atoms with Crippen molar-refractivity contribution < 1.29 is 27.2 Å². The number of furan rings is 1. The van der Waals surface area contributed by atoms with Crippen LogP contribution in [-0.4, -0.2) is 30.3 Å². The molecule has 0 unspecified atom stereocenters. The van der Waals surface area contributed by atoms with Gasteiger partial charge in [0.2, 0.25) is 5.91 Å². The Morgan fingerprint density at radius 2 is 2.00 bits per heavy atom. The van der Waals surface area contributed by atoms with Crippen LogP contribution in [0.4, 0.5) is 18.9 Å². The van der Waals surface area contributed by atoms with Crippen molar-refractivity contribution >= 4 is 29.1 Å². The van der Waals surface area contributed by atoms with Crippen LogP contribution in [0.3, 0.4) is 0 Å². The first-order chi connectivity index (χ1) is 11.2. The average Bonchev–Trinajstić information content (AvgIpc) is 3.01. The highest BCUT2D eigenvalue weighted by atomic mass is 35.5. The van der Waals surface area contributed by atoms with Crippen molar-refractivity contribution in [3.05, 3.63) is 52.9 Å². The zero-order chi connectivity index (χ0) is 17.9. The van der Waals surface area contributed by atoms with E-state index in [1.165, 1.54) is 31.7 Å². The summed E-state index contributed by atoms with van der Waals surface area (Å²) >= 11 is 5.51. The molecule has 0 bridgehead atoms. The van der Waals surface area contributed by atoms with Gasteiger partial charge < -0.3 is 14.6 Å². The van der Waals surface area contributed by atoms with Crippen LogP contribution in [0.1, 0.15) is 15.9 Å². The van der Waals surface area contributed by atoms with Gasteiger partial charge in [-0.3, -0.25) is 9.59 Å². The number of likely N-dealkylation sites (N-methyl/N-ethyl adjacent to an activating group) is 1. The Morgan fingerprint density at radius 1 is 1.29 bits per heavy atom. The lowest BCUT2D eigenvalue weighted by Crippen LogP contribution is -2.34. The van der Waals surface area contributed by atoms with Crippen LogP contribution < -0.4 is 5.32 Å². The molecule has 2 aromatic rings. The van der Waals surface area contributed by atoms with E-state index < -0.39 is 28.6 Å². The standard InChI is InChI=1S/C15H12ClF3N2O3/c1-21(14(23)9-4-5-24-8-9)7-13(22)20-10-2-3-12(16)11(6-10)15(17,18)19/h2-6,8H,7H2,1H3,(H,20,22). The van der Waals surface area contributed by atoms with Crippen molar-refractivity contribution in [1.82, 2.24) is 4.90 Å². The molecular weight excluding hydrogens is 349 g/mol. The van der Waals surface area contributed by atoms with Crippen molar-refractivity contribution in [2.75, 3.05) is 18.9 Å². The smallest absolute Gasteiger partial charge is 0.417 e. The van der Waals surface area contributed by atoms with Gasteiger partial charge in [0.25, 0.3) is 5.91 Å². The van der Waals surface area contributed by atoms with Crippen LogP contribution in [0.2, 0.25) is 5.02 Å². The number of hydrogen-bond acceptors (Lipinski definition) is 3. The number of rotatable bonds is 4. The molecule has 5 nitrogen and oxygen atoms in total. The summed E-state index contributed by atoms with van der Waals surface area (Å²) in [5, 5.41) is 1.83. The Balaban J connectivity index is 2.03. The van der Waals surface area contributed by atoms with Crippen molar-refractivity contribution in [3.63, 3.8) is 0 Å². The molecule has 1 heterocycles. The lowest BCUT2D eigenvalue weighted by molar-refractivity contribution is -0.137. The number of nitrogens with zero attached hydrogens (tertiary/aromatic N) is 1.